The summed E-state index contributed by atoms with van der Waals surface area (Å²) in [6.07, 6.45) is 0. The Hall–Kier alpha value is -1.48. The van der Waals surface area contributed by atoms with Crippen LogP contribution in [0, 0.1) is 0 Å². The molecule has 0 aliphatic carbocycles. The van der Waals surface area contributed by atoms with Gasteiger partial charge in [-0.1, -0.05) is 36.4 Å². The van der Waals surface area contributed by atoms with Gasteiger partial charge < -0.3 is 4.57 Å². The summed E-state index contributed by atoms with van der Waals surface area (Å²) < 4.78 is 1.83. The van der Waals surface area contributed by atoms with Gasteiger partial charge >= 0.3 is 0 Å². The van der Waals surface area contributed by atoms with Gasteiger partial charge in [0.1, 0.15) is 0 Å². The average molecular weight is 259 g/mol. The number of nitrogens with zero attached hydrogens (tertiary/aromatic N) is 1. The van der Waals surface area contributed by atoms with E-state index in [4.69, 9.17) is 0 Å². The van der Waals surface area contributed by atoms with Crippen LogP contribution in [-0.4, -0.2) is 4.57 Å². The van der Waals surface area contributed by atoms with Gasteiger partial charge in [0.2, 0.25) is 0 Å². The van der Waals surface area contributed by atoms with Crippen molar-refractivity contribution in [1.29, 1.82) is 0 Å². The Morgan fingerprint density at radius 2 is 1.78 bits per heavy atom. The van der Waals surface area contributed by atoms with E-state index >= 15 is 0 Å². The van der Waals surface area contributed by atoms with Gasteiger partial charge in [0.05, 0.1) is 5.69 Å². The highest BCUT2D eigenvalue weighted by molar-refractivity contribution is 7.79. The Kier molecular flexibility index (Phi) is 3.92. The first-order valence-electron chi connectivity index (χ1n) is 6.06. The number of rotatable bonds is 3. The highest BCUT2D eigenvalue weighted by Crippen LogP contribution is 2.21. The molecule has 0 fully saturated rings. The van der Waals surface area contributed by atoms with Crippen LogP contribution in [0.5, 0.6) is 0 Å². The summed E-state index contributed by atoms with van der Waals surface area (Å²) in [5.74, 6) is 0.473. The zero-order valence-corrected chi connectivity index (χ0v) is 11.5. The Labute approximate surface area is 113 Å². The summed E-state index contributed by atoms with van der Waals surface area (Å²) >= 11 is 4.20. The van der Waals surface area contributed by atoms with Crippen LogP contribution in [0.15, 0.2) is 47.3 Å². The lowest BCUT2D eigenvalue weighted by Gasteiger charge is -2.17. The molecule has 1 heterocycles. The fourth-order valence-corrected chi connectivity index (χ4v) is 2.31. The van der Waals surface area contributed by atoms with Crippen molar-refractivity contribution in [3.05, 3.63) is 58.4 Å². The minimum absolute atomic E-state index is 0.0568. The van der Waals surface area contributed by atoms with E-state index in [2.05, 4.69) is 12.6 Å². The SMILES string of the molecule is CC(C)n1c(-c2ccccc2)ccc(CS)c1=O. The summed E-state index contributed by atoms with van der Waals surface area (Å²) in [5, 5.41) is 0. The third-order valence-corrected chi connectivity index (χ3v) is 3.29. The van der Waals surface area contributed by atoms with Crippen molar-refractivity contribution in [3.63, 3.8) is 0 Å². The smallest absolute Gasteiger partial charge is 0.255 e. The quantitative estimate of drug-likeness (QED) is 0.837. The van der Waals surface area contributed by atoms with Crippen molar-refractivity contribution in [1.82, 2.24) is 4.57 Å². The van der Waals surface area contributed by atoms with E-state index in [0.717, 1.165) is 16.8 Å². The minimum Gasteiger partial charge on any atom is -0.306 e. The fourth-order valence-electron chi connectivity index (χ4n) is 2.07. The minimum atomic E-state index is 0.0568. The molecule has 18 heavy (non-hydrogen) atoms. The van der Waals surface area contributed by atoms with Crippen molar-refractivity contribution < 1.29 is 0 Å². The first kappa shape index (κ1) is 13.0. The van der Waals surface area contributed by atoms with Gasteiger partial charge in [-0.15, -0.1) is 0 Å². The summed E-state index contributed by atoms with van der Waals surface area (Å²) in [7, 11) is 0. The molecular weight excluding hydrogens is 242 g/mol. The van der Waals surface area contributed by atoms with Crippen LogP contribution < -0.4 is 5.56 Å². The number of benzene rings is 1. The number of thiol groups is 1. The summed E-state index contributed by atoms with van der Waals surface area (Å²) in [6.45, 7) is 4.05. The summed E-state index contributed by atoms with van der Waals surface area (Å²) in [5.41, 5.74) is 2.82. The van der Waals surface area contributed by atoms with Crippen LogP contribution in [0.4, 0.5) is 0 Å². The first-order chi connectivity index (χ1) is 8.65. The first-order valence-corrected chi connectivity index (χ1v) is 6.69. The molecule has 0 radical (unpaired) electrons. The summed E-state index contributed by atoms with van der Waals surface area (Å²) in [4.78, 5) is 12.3. The molecule has 2 nitrogen and oxygen atoms in total. The highest BCUT2D eigenvalue weighted by atomic mass is 32.1. The van der Waals surface area contributed by atoms with Crippen LogP contribution in [-0.2, 0) is 5.75 Å². The van der Waals surface area contributed by atoms with Crippen molar-refractivity contribution in [2.24, 2.45) is 0 Å². The van der Waals surface area contributed by atoms with Gasteiger partial charge in [-0.25, -0.2) is 0 Å². The lowest BCUT2D eigenvalue weighted by Crippen LogP contribution is -2.26. The van der Waals surface area contributed by atoms with E-state index in [1.807, 2.05) is 60.9 Å². The van der Waals surface area contributed by atoms with Crippen LogP contribution >= 0.6 is 12.6 Å². The number of pyridine rings is 1. The molecule has 0 aliphatic rings. The van der Waals surface area contributed by atoms with E-state index in [-0.39, 0.29) is 11.6 Å². The zero-order valence-electron chi connectivity index (χ0n) is 10.6. The molecule has 0 aliphatic heterocycles. The molecule has 2 rings (SSSR count). The van der Waals surface area contributed by atoms with E-state index in [1.165, 1.54) is 0 Å². The van der Waals surface area contributed by atoms with Crippen molar-refractivity contribution in [3.8, 4) is 11.3 Å². The van der Waals surface area contributed by atoms with Crippen LogP contribution in [0.2, 0.25) is 0 Å². The molecule has 94 valence electrons. The topological polar surface area (TPSA) is 22.0 Å². The maximum atomic E-state index is 12.3. The average Bonchev–Trinajstić information content (AvgIpc) is 2.39. The van der Waals surface area contributed by atoms with Gasteiger partial charge in [-0.05, 0) is 25.5 Å². The maximum Gasteiger partial charge on any atom is 0.255 e. The van der Waals surface area contributed by atoms with Crippen LogP contribution in [0.25, 0.3) is 11.3 Å². The standard InChI is InChI=1S/C15H17NOS/c1-11(2)16-14(12-6-4-3-5-7-12)9-8-13(10-18)15(16)17/h3-9,11,18H,10H2,1-2H3. The molecule has 1 aromatic carbocycles. The Morgan fingerprint density at radius 1 is 1.11 bits per heavy atom. The third-order valence-electron chi connectivity index (χ3n) is 2.95. The predicted molar refractivity (Wildman–Crippen MR) is 79.2 cm³/mol. The van der Waals surface area contributed by atoms with Gasteiger partial charge in [0, 0.05) is 17.4 Å². The van der Waals surface area contributed by atoms with Gasteiger partial charge in [-0.3, -0.25) is 4.79 Å². The Bertz CT molecular complexity index is 587. The lowest BCUT2D eigenvalue weighted by molar-refractivity contribution is 0.582. The largest absolute Gasteiger partial charge is 0.306 e. The van der Waals surface area contributed by atoms with E-state index in [9.17, 15) is 4.79 Å². The van der Waals surface area contributed by atoms with Gasteiger partial charge in [-0.2, -0.15) is 12.6 Å². The Morgan fingerprint density at radius 3 is 2.33 bits per heavy atom. The molecule has 0 saturated carbocycles. The maximum absolute atomic E-state index is 12.3. The van der Waals surface area contributed by atoms with E-state index in [0.29, 0.717) is 5.75 Å². The van der Waals surface area contributed by atoms with Crippen molar-refractivity contribution >= 4 is 12.6 Å². The number of hydrogen-bond acceptors (Lipinski definition) is 2. The molecular formula is C15H17NOS. The molecule has 0 amide bonds. The van der Waals surface area contributed by atoms with E-state index in [1.54, 1.807) is 0 Å². The second-order valence-corrected chi connectivity index (χ2v) is 4.85. The summed E-state index contributed by atoms with van der Waals surface area (Å²) in [6, 6.07) is 14.0. The monoisotopic (exact) mass is 259 g/mol. The van der Waals surface area contributed by atoms with Gasteiger partial charge in [0.15, 0.2) is 0 Å². The second-order valence-electron chi connectivity index (χ2n) is 4.54. The van der Waals surface area contributed by atoms with Gasteiger partial charge in [0.25, 0.3) is 5.56 Å². The molecule has 0 bridgehead atoms. The third kappa shape index (κ3) is 2.36. The van der Waals surface area contributed by atoms with E-state index < -0.39 is 0 Å². The molecule has 3 heteroatoms. The second kappa shape index (κ2) is 5.44. The van der Waals surface area contributed by atoms with Crippen LogP contribution in [0.1, 0.15) is 25.5 Å². The van der Waals surface area contributed by atoms with Crippen molar-refractivity contribution in [2.45, 2.75) is 25.6 Å². The van der Waals surface area contributed by atoms with Crippen LogP contribution in [0.3, 0.4) is 0 Å². The normalized spacial score (nSPS) is 10.9. The molecule has 0 N–H and O–H groups in total. The highest BCUT2D eigenvalue weighted by Gasteiger charge is 2.11. The molecule has 0 spiro atoms. The Balaban J connectivity index is 2.69. The molecule has 0 saturated heterocycles. The molecule has 1 aromatic heterocycles. The fraction of sp³-hybridized carbons (Fsp3) is 0.267. The molecule has 2 aromatic rings. The molecule has 0 unspecified atom stereocenters. The van der Waals surface area contributed by atoms with Crippen molar-refractivity contribution in [2.75, 3.05) is 0 Å². The molecule has 0 atom stereocenters. The lowest BCUT2D eigenvalue weighted by atomic mass is 10.1. The number of aromatic nitrogens is 1. The predicted octanol–water partition coefficient (Wildman–Crippen LogP) is 3.53. The number of hydrogen-bond donors (Lipinski definition) is 1. The zero-order chi connectivity index (χ0) is 13.1.